The van der Waals surface area contributed by atoms with Crippen molar-refractivity contribution in [3.63, 3.8) is 0 Å². The van der Waals surface area contributed by atoms with E-state index in [4.69, 9.17) is 10.5 Å². The molecule has 0 saturated heterocycles. The molecule has 0 aromatic heterocycles. The fourth-order valence-corrected chi connectivity index (χ4v) is 2.66. The molecule has 2 N–H and O–H groups in total. The number of nitrogen functional groups attached to an aromatic ring is 1. The van der Waals surface area contributed by atoms with Crippen LogP contribution in [0.1, 0.15) is 11.1 Å². The number of benzene rings is 2. The molecule has 0 unspecified atom stereocenters. The Labute approximate surface area is 148 Å². The second kappa shape index (κ2) is 6.99. The second-order valence-corrected chi connectivity index (χ2v) is 6.51. The molecule has 1 aliphatic rings. The van der Waals surface area contributed by atoms with Crippen molar-refractivity contribution in [1.29, 1.82) is 0 Å². The topological polar surface area (TPSA) is 58.8 Å². The zero-order chi connectivity index (χ0) is 18.0. The van der Waals surface area contributed by atoms with Crippen LogP contribution in [0.3, 0.4) is 0 Å². The van der Waals surface area contributed by atoms with Gasteiger partial charge in [-0.2, -0.15) is 0 Å². The van der Waals surface area contributed by atoms with Gasteiger partial charge in [-0.25, -0.2) is 0 Å². The summed E-state index contributed by atoms with van der Waals surface area (Å²) in [7, 11) is 3.96. The molecule has 2 aromatic rings. The maximum atomic E-state index is 13.0. The van der Waals surface area contributed by atoms with E-state index in [1.165, 1.54) is 5.56 Å². The van der Waals surface area contributed by atoms with Gasteiger partial charge in [0.1, 0.15) is 0 Å². The first-order valence-electron chi connectivity index (χ1n) is 8.26. The molecule has 0 saturated carbocycles. The molecule has 3 rings (SSSR count). The van der Waals surface area contributed by atoms with Gasteiger partial charge in [0.15, 0.2) is 11.5 Å². The molecule has 0 fully saturated rings. The van der Waals surface area contributed by atoms with E-state index in [-0.39, 0.29) is 5.91 Å². The van der Waals surface area contributed by atoms with Gasteiger partial charge in [0.05, 0.1) is 5.69 Å². The summed E-state index contributed by atoms with van der Waals surface area (Å²) in [4.78, 5) is 16.7. The summed E-state index contributed by atoms with van der Waals surface area (Å²) in [6.45, 7) is 3.34. The number of likely N-dealkylation sites (N-methyl/N-ethyl adjacent to an activating group) is 1. The molecule has 0 spiro atoms. The number of ether oxygens (including phenoxy) is 1. The van der Waals surface area contributed by atoms with Crippen molar-refractivity contribution in [2.45, 2.75) is 6.92 Å². The van der Waals surface area contributed by atoms with Crippen LogP contribution in [-0.4, -0.2) is 38.0 Å². The molecular weight excluding hydrogens is 314 g/mol. The molecule has 0 atom stereocenters. The van der Waals surface area contributed by atoms with E-state index < -0.39 is 0 Å². The summed E-state index contributed by atoms with van der Waals surface area (Å²) in [5, 5.41) is 0. The van der Waals surface area contributed by atoms with Crippen molar-refractivity contribution in [3.8, 4) is 5.75 Å². The largest absolute Gasteiger partial charge is 0.449 e. The Bertz CT molecular complexity index is 810. The highest BCUT2D eigenvalue weighted by atomic mass is 16.5. The quantitative estimate of drug-likeness (QED) is 0.688. The number of anilines is 2. The first-order valence-corrected chi connectivity index (χ1v) is 8.26. The Balaban J connectivity index is 1.98. The molecule has 5 nitrogen and oxygen atoms in total. The fourth-order valence-electron chi connectivity index (χ4n) is 2.66. The number of hydrogen-bond donors (Lipinski definition) is 1. The molecule has 0 aliphatic carbocycles. The molecular formula is C20H23N3O2. The van der Waals surface area contributed by atoms with Gasteiger partial charge in [0.2, 0.25) is 0 Å². The lowest BCUT2D eigenvalue weighted by Crippen LogP contribution is -2.41. The SMILES string of the molecule is Cc1ccc(/C=C2/Oc3ccc(N)cc3N(CCN(C)C)C2=O)cc1. The van der Waals surface area contributed by atoms with Gasteiger partial charge < -0.3 is 20.3 Å². The average molecular weight is 337 g/mol. The minimum absolute atomic E-state index is 0.152. The number of carbonyl (C=O) groups excluding carboxylic acids is 1. The zero-order valence-corrected chi connectivity index (χ0v) is 14.8. The summed E-state index contributed by atoms with van der Waals surface area (Å²) in [6, 6.07) is 13.3. The predicted molar refractivity (Wildman–Crippen MR) is 102 cm³/mol. The van der Waals surface area contributed by atoms with Gasteiger partial charge in [-0.05, 0) is 50.9 Å². The third-order valence-corrected chi connectivity index (χ3v) is 4.10. The van der Waals surface area contributed by atoms with Gasteiger partial charge in [-0.1, -0.05) is 29.8 Å². The Morgan fingerprint density at radius 1 is 1.16 bits per heavy atom. The standard InChI is InChI=1S/C20H23N3O2/c1-14-4-6-15(7-5-14)12-19-20(24)23(11-10-22(2)3)17-13-16(21)8-9-18(17)25-19/h4-9,12-13H,10-11,21H2,1-3H3/b19-12+. The van der Waals surface area contributed by atoms with Crippen LogP contribution >= 0.6 is 0 Å². The minimum atomic E-state index is -0.152. The van der Waals surface area contributed by atoms with Gasteiger partial charge >= 0.3 is 0 Å². The fraction of sp³-hybridized carbons (Fsp3) is 0.250. The van der Waals surface area contributed by atoms with E-state index in [0.717, 1.165) is 12.1 Å². The molecule has 1 heterocycles. The van der Waals surface area contributed by atoms with E-state index in [1.54, 1.807) is 23.1 Å². The summed E-state index contributed by atoms with van der Waals surface area (Å²) in [6.07, 6.45) is 1.78. The van der Waals surface area contributed by atoms with Gasteiger partial charge in [-0.3, -0.25) is 4.79 Å². The lowest BCUT2D eigenvalue weighted by atomic mass is 10.1. The van der Waals surface area contributed by atoms with E-state index in [2.05, 4.69) is 0 Å². The summed E-state index contributed by atoms with van der Waals surface area (Å²) >= 11 is 0. The third kappa shape index (κ3) is 3.83. The first kappa shape index (κ1) is 17.0. The van der Waals surface area contributed by atoms with E-state index in [0.29, 0.717) is 29.4 Å². The summed E-state index contributed by atoms with van der Waals surface area (Å²) in [5.74, 6) is 0.811. The Morgan fingerprint density at radius 3 is 2.56 bits per heavy atom. The van der Waals surface area contributed by atoms with Crippen LogP contribution in [0.25, 0.3) is 6.08 Å². The molecule has 1 amide bonds. The monoisotopic (exact) mass is 337 g/mol. The van der Waals surface area contributed by atoms with Crippen molar-refractivity contribution >= 4 is 23.4 Å². The number of aryl methyl sites for hydroxylation is 1. The molecule has 25 heavy (non-hydrogen) atoms. The highest BCUT2D eigenvalue weighted by Crippen LogP contribution is 2.37. The van der Waals surface area contributed by atoms with E-state index in [1.807, 2.05) is 56.3 Å². The predicted octanol–water partition coefficient (Wildman–Crippen LogP) is 2.91. The molecule has 0 radical (unpaired) electrons. The van der Waals surface area contributed by atoms with Crippen molar-refractivity contribution in [3.05, 3.63) is 59.4 Å². The van der Waals surface area contributed by atoms with Gasteiger partial charge in [0, 0.05) is 18.8 Å². The van der Waals surface area contributed by atoms with Crippen molar-refractivity contribution < 1.29 is 9.53 Å². The molecule has 2 aromatic carbocycles. The van der Waals surface area contributed by atoms with Crippen LogP contribution in [0.15, 0.2) is 48.2 Å². The molecule has 0 bridgehead atoms. The number of hydrogen-bond acceptors (Lipinski definition) is 4. The molecule has 5 heteroatoms. The van der Waals surface area contributed by atoms with Crippen LogP contribution in [0.5, 0.6) is 5.75 Å². The maximum Gasteiger partial charge on any atom is 0.294 e. The van der Waals surface area contributed by atoms with E-state index in [9.17, 15) is 4.79 Å². The van der Waals surface area contributed by atoms with Crippen molar-refractivity contribution in [2.75, 3.05) is 37.8 Å². The van der Waals surface area contributed by atoms with Crippen LogP contribution in [-0.2, 0) is 4.79 Å². The van der Waals surface area contributed by atoms with Gasteiger partial charge in [0.25, 0.3) is 5.91 Å². The smallest absolute Gasteiger partial charge is 0.294 e. The lowest BCUT2D eigenvalue weighted by molar-refractivity contribution is -0.117. The highest BCUT2D eigenvalue weighted by Gasteiger charge is 2.30. The Kier molecular flexibility index (Phi) is 4.76. The van der Waals surface area contributed by atoms with E-state index >= 15 is 0 Å². The molecule has 1 aliphatic heterocycles. The Hall–Kier alpha value is -2.79. The molecule has 130 valence electrons. The number of amides is 1. The van der Waals surface area contributed by atoms with Crippen LogP contribution in [0, 0.1) is 6.92 Å². The minimum Gasteiger partial charge on any atom is -0.449 e. The zero-order valence-electron chi connectivity index (χ0n) is 14.8. The van der Waals surface area contributed by atoms with Crippen LogP contribution in [0.4, 0.5) is 11.4 Å². The normalized spacial score (nSPS) is 15.4. The average Bonchev–Trinajstić information content (AvgIpc) is 2.57. The van der Waals surface area contributed by atoms with Crippen molar-refractivity contribution in [2.24, 2.45) is 0 Å². The lowest BCUT2D eigenvalue weighted by Gasteiger charge is -2.31. The first-order chi connectivity index (χ1) is 11.9. The maximum absolute atomic E-state index is 13.0. The second-order valence-electron chi connectivity index (χ2n) is 6.51. The highest BCUT2D eigenvalue weighted by molar-refractivity contribution is 6.10. The number of nitrogens with two attached hydrogens (primary N) is 1. The van der Waals surface area contributed by atoms with Gasteiger partial charge in [-0.15, -0.1) is 0 Å². The third-order valence-electron chi connectivity index (χ3n) is 4.10. The van der Waals surface area contributed by atoms with Crippen LogP contribution < -0.4 is 15.4 Å². The summed E-state index contributed by atoms with van der Waals surface area (Å²) in [5.41, 5.74) is 9.33. The van der Waals surface area contributed by atoms with Crippen molar-refractivity contribution in [1.82, 2.24) is 4.90 Å². The number of fused-ring (bicyclic) bond motifs is 1. The van der Waals surface area contributed by atoms with Crippen LogP contribution in [0.2, 0.25) is 0 Å². The number of carbonyl (C=O) groups is 1. The Morgan fingerprint density at radius 2 is 1.88 bits per heavy atom. The summed E-state index contributed by atoms with van der Waals surface area (Å²) < 4.78 is 5.87. The number of nitrogens with zero attached hydrogens (tertiary/aromatic N) is 2. The number of rotatable bonds is 4.